The van der Waals surface area contributed by atoms with Gasteiger partial charge in [0.2, 0.25) is 0 Å². The summed E-state index contributed by atoms with van der Waals surface area (Å²) in [7, 11) is 0. The van der Waals surface area contributed by atoms with E-state index in [0.29, 0.717) is 0 Å². The maximum atomic E-state index is 4.93. The van der Waals surface area contributed by atoms with E-state index >= 15 is 0 Å². The molecule has 1 rings (SSSR count). The fraction of sp³-hybridized carbons (Fsp3) is 0.370. The third-order valence-electron chi connectivity index (χ3n) is 5.04. The van der Waals surface area contributed by atoms with Gasteiger partial charge in [0.1, 0.15) is 0 Å². The van der Waals surface area contributed by atoms with Gasteiger partial charge in [0.05, 0.1) is 0 Å². The van der Waals surface area contributed by atoms with Crippen LogP contribution in [0.4, 0.5) is 0 Å². The van der Waals surface area contributed by atoms with Crippen LogP contribution < -0.4 is 0 Å². The summed E-state index contributed by atoms with van der Waals surface area (Å²) < 4.78 is 0. The lowest BCUT2D eigenvalue weighted by atomic mass is 9.94. The second-order valence-electron chi connectivity index (χ2n) is 7.07. The molecule has 1 aromatic rings. The van der Waals surface area contributed by atoms with E-state index in [2.05, 4.69) is 89.8 Å². The average Bonchev–Trinajstić information content (AvgIpc) is 2.69. The molecule has 0 fully saturated rings. The normalized spacial score (nSPS) is 14.1. The van der Waals surface area contributed by atoms with Crippen LogP contribution in [-0.2, 0) is 0 Å². The highest BCUT2D eigenvalue weighted by Gasteiger charge is 2.05. The molecule has 0 aliphatic carbocycles. The molecule has 1 aromatic carbocycles. The van der Waals surface area contributed by atoms with Gasteiger partial charge in [-0.2, -0.15) is 0 Å². The van der Waals surface area contributed by atoms with Crippen molar-refractivity contribution in [3.8, 4) is 0 Å². The monoisotopic (exact) mass is 375 g/mol. The maximum absolute atomic E-state index is 4.93. The Hall–Kier alpha value is -2.41. The molecule has 0 aliphatic rings. The van der Waals surface area contributed by atoms with Gasteiger partial charge in [-0.1, -0.05) is 75.1 Å². The van der Waals surface area contributed by atoms with Gasteiger partial charge in [-0.05, 0) is 74.8 Å². The number of hydrogen-bond donors (Lipinski definition) is 0. The van der Waals surface area contributed by atoms with Crippen molar-refractivity contribution < 1.29 is 0 Å². The number of allylic oxidation sites excluding steroid dienone is 9. The van der Waals surface area contributed by atoms with Gasteiger partial charge in [0.25, 0.3) is 0 Å². The summed E-state index contributed by atoms with van der Waals surface area (Å²) in [5.41, 5.74) is 8.96. The summed E-state index contributed by atoms with van der Waals surface area (Å²) >= 11 is 0. The van der Waals surface area contributed by atoms with Gasteiger partial charge in [0.15, 0.2) is 0 Å². The second kappa shape index (κ2) is 12.9. The van der Waals surface area contributed by atoms with Crippen LogP contribution >= 0.6 is 0 Å². The highest BCUT2D eigenvalue weighted by molar-refractivity contribution is 5.86. The minimum Gasteiger partial charge on any atom is -0.262 e. The largest absolute Gasteiger partial charge is 0.262 e. The second-order valence-corrected chi connectivity index (χ2v) is 7.07. The first-order valence-electron chi connectivity index (χ1n) is 10.4. The van der Waals surface area contributed by atoms with E-state index in [-0.39, 0.29) is 0 Å². The van der Waals surface area contributed by atoms with Crippen LogP contribution in [0.25, 0.3) is 5.57 Å². The van der Waals surface area contributed by atoms with Gasteiger partial charge in [-0.15, -0.1) is 0 Å². The van der Waals surface area contributed by atoms with Crippen LogP contribution in [-0.4, -0.2) is 5.71 Å². The topological polar surface area (TPSA) is 12.4 Å². The van der Waals surface area contributed by atoms with Crippen LogP contribution in [0.15, 0.2) is 77.5 Å². The molecule has 150 valence electrons. The van der Waals surface area contributed by atoms with Crippen LogP contribution in [0.2, 0.25) is 0 Å². The maximum Gasteiger partial charge on any atom is 0.0429 e. The molecule has 1 nitrogen and oxygen atoms in total. The Morgan fingerprint density at radius 2 is 1.79 bits per heavy atom. The summed E-state index contributed by atoms with van der Waals surface area (Å²) in [5, 5.41) is 0. The van der Waals surface area contributed by atoms with E-state index in [0.717, 1.165) is 25.7 Å². The Kier molecular flexibility index (Phi) is 10.9. The predicted octanol–water partition coefficient (Wildman–Crippen LogP) is 8.32. The molecule has 0 unspecified atom stereocenters. The third-order valence-corrected chi connectivity index (χ3v) is 5.04. The molecule has 0 aromatic heterocycles. The molecular formula is C27H37N. The van der Waals surface area contributed by atoms with Crippen LogP contribution in [0.5, 0.6) is 0 Å². The smallest absolute Gasteiger partial charge is 0.0429 e. The van der Waals surface area contributed by atoms with E-state index in [4.69, 9.17) is 4.99 Å². The number of hydrogen-bond acceptors (Lipinski definition) is 1. The van der Waals surface area contributed by atoms with Crippen molar-refractivity contribution in [2.24, 2.45) is 4.99 Å². The lowest BCUT2D eigenvalue weighted by Gasteiger charge is -2.11. The molecule has 0 aliphatic heterocycles. The Bertz CT molecular complexity index is 798. The third kappa shape index (κ3) is 7.31. The number of rotatable bonds is 10. The van der Waals surface area contributed by atoms with Gasteiger partial charge in [-0.25, -0.2) is 0 Å². The number of aliphatic imine (C=N–C) groups is 1. The highest BCUT2D eigenvalue weighted by atomic mass is 14.8. The number of benzene rings is 1. The molecule has 0 saturated heterocycles. The Balaban J connectivity index is 2.93. The fourth-order valence-corrected chi connectivity index (χ4v) is 3.19. The Morgan fingerprint density at radius 1 is 1.07 bits per heavy atom. The summed E-state index contributed by atoms with van der Waals surface area (Å²) in [6, 6.07) is 6.50. The molecular weight excluding hydrogens is 338 g/mol. The summed E-state index contributed by atoms with van der Waals surface area (Å²) in [5.74, 6) is 0. The molecule has 0 N–H and O–H groups in total. The zero-order chi connectivity index (χ0) is 20.9. The molecule has 0 bridgehead atoms. The van der Waals surface area contributed by atoms with Crippen LogP contribution in [0.1, 0.15) is 70.1 Å². The molecule has 0 spiro atoms. The van der Waals surface area contributed by atoms with Gasteiger partial charge >= 0.3 is 0 Å². The molecule has 1 heteroatoms. The summed E-state index contributed by atoms with van der Waals surface area (Å²) in [6.07, 6.45) is 16.5. The number of nitrogens with zero attached hydrogens (tertiary/aromatic N) is 1. The van der Waals surface area contributed by atoms with Crippen molar-refractivity contribution in [2.45, 2.75) is 67.2 Å². The Morgan fingerprint density at radius 3 is 2.39 bits per heavy atom. The van der Waals surface area contributed by atoms with Crippen molar-refractivity contribution in [1.82, 2.24) is 0 Å². The first-order chi connectivity index (χ1) is 13.5. The van der Waals surface area contributed by atoms with E-state index in [1.807, 2.05) is 13.0 Å². The Labute approximate surface area is 173 Å². The lowest BCUT2D eigenvalue weighted by molar-refractivity contribution is 1.02. The highest BCUT2D eigenvalue weighted by Crippen LogP contribution is 2.25. The van der Waals surface area contributed by atoms with Crippen LogP contribution in [0, 0.1) is 13.8 Å². The quantitative estimate of drug-likeness (QED) is 0.221. The molecule has 0 amide bonds. The van der Waals surface area contributed by atoms with Crippen molar-refractivity contribution in [3.63, 3.8) is 0 Å². The predicted molar refractivity (Wildman–Crippen MR) is 128 cm³/mol. The van der Waals surface area contributed by atoms with Crippen LogP contribution in [0.3, 0.4) is 0 Å². The molecule has 0 heterocycles. The first kappa shape index (κ1) is 23.6. The minimum absolute atomic E-state index is 0.900. The lowest BCUT2D eigenvalue weighted by Crippen LogP contribution is -1.96. The molecule has 0 radical (unpaired) electrons. The van der Waals surface area contributed by atoms with E-state index < -0.39 is 0 Å². The van der Waals surface area contributed by atoms with E-state index in [1.165, 1.54) is 39.2 Å². The van der Waals surface area contributed by atoms with Crippen molar-refractivity contribution in [3.05, 3.63) is 89.2 Å². The van der Waals surface area contributed by atoms with E-state index in [1.54, 1.807) is 0 Å². The van der Waals surface area contributed by atoms with Crippen molar-refractivity contribution in [2.75, 3.05) is 0 Å². The minimum atomic E-state index is 0.900. The zero-order valence-electron chi connectivity index (χ0n) is 18.7. The summed E-state index contributed by atoms with van der Waals surface area (Å²) in [4.78, 5) is 4.93. The first-order valence-corrected chi connectivity index (χ1v) is 10.4. The standard InChI is InChI=1S/C27H37N/c1-8-15-22(6)27(11-4)28-25(10-3)19-13-12-18-24(16-9-2)26-20-14-17-21(5)23(26)7/h8-9,12-17,20H,2,10-11,18-19H2,1,3-7H3/b13-12-,15-8-,24-16-,27-22+,28-25+. The molecule has 0 saturated carbocycles. The van der Waals surface area contributed by atoms with Crippen molar-refractivity contribution in [1.29, 1.82) is 0 Å². The average molecular weight is 376 g/mol. The molecule has 0 atom stereocenters. The summed E-state index contributed by atoms with van der Waals surface area (Å²) in [6.45, 7) is 16.8. The fourth-order valence-electron chi connectivity index (χ4n) is 3.19. The molecule has 28 heavy (non-hydrogen) atoms. The van der Waals surface area contributed by atoms with Gasteiger partial charge in [0, 0.05) is 17.8 Å². The van der Waals surface area contributed by atoms with Crippen molar-refractivity contribution >= 4 is 11.3 Å². The number of aryl methyl sites for hydroxylation is 1. The zero-order valence-corrected chi connectivity index (χ0v) is 18.7. The van der Waals surface area contributed by atoms with Gasteiger partial charge < -0.3 is 0 Å². The van der Waals surface area contributed by atoms with Gasteiger partial charge in [-0.3, -0.25) is 4.99 Å². The van der Waals surface area contributed by atoms with E-state index in [9.17, 15) is 0 Å². The SMILES string of the molecule is C=C/C=C(/C/C=C\C/C(CC)=N/C(CC)=C(C)/C=C\C)c1cccc(C)c1C.